The molecule has 0 spiro atoms. The van der Waals surface area contributed by atoms with E-state index in [2.05, 4.69) is 51.1 Å². The quantitative estimate of drug-likeness (QED) is 0.232. The first-order valence-corrected chi connectivity index (χ1v) is 14.0. The summed E-state index contributed by atoms with van der Waals surface area (Å²) in [5, 5.41) is 0. The Balaban J connectivity index is 1.38. The van der Waals surface area contributed by atoms with Crippen molar-refractivity contribution in [2.45, 2.75) is 135 Å². The molecule has 0 nitrogen and oxygen atoms in total. The lowest BCUT2D eigenvalue weighted by atomic mass is 9.76. The van der Waals surface area contributed by atoms with Crippen LogP contribution >= 0.6 is 0 Å². The molecule has 1 fully saturated rings. The summed E-state index contributed by atoms with van der Waals surface area (Å²) < 4.78 is 0. The largest absolute Gasteiger partial charge is 0.0847 e. The molecule has 0 radical (unpaired) electrons. The first-order valence-electron chi connectivity index (χ1n) is 14.0. The summed E-state index contributed by atoms with van der Waals surface area (Å²) in [6.07, 6.45) is 25.1. The summed E-state index contributed by atoms with van der Waals surface area (Å²) >= 11 is 0. The Labute approximate surface area is 194 Å². The molecule has 0 saturated heterocycles. The van der Waals surface area contributed by atoms with Gasteiger partial charge in [-0.3, -0.25) is 0 Å². The van der Waals surface area contributed by atoms with Crippen molar-refractivity contribution in [1.29, 1.82) is 0 Å². The highest BCUT2D eigenvalue weighted by Crippen LogP contribution is 2.39. The van der Waals surface area contributed by atoms with Crippen molar-refractivity contribution in [2.24, 2.45) is 11.8 Å². The predicted molar refractivity (Wildman–Crippen MR) is 138 cm³/mol. The third kappa shape index (κ3) is 8.11. The number of rotatable bonds is 12. The molecule has 2 aliphatic rings. The third-order valence-electron chi connectivity index (χ3n) is 8.50. The summed E-state index contributed by atoms with van der Waals surface area (Å²) in [7, 11) is 0. The Bertz CT molecular complexity index is 629. The average Bonchev–Trinajstić information content (AvgIpc) is 2.82. The summed E-state index contributed by atoms with van der Waals surface area (Å²) in [5.74, 6) is 3.44. The maximum atomic E-state index is 2.57. The highest BCUT2D eigenvalue weighted by atomic mass is 14.3. The molecule has 0 bridgehead atoms. The second-order valence-corrected chi connectivity index (χ2v) is 11.0. The van der Waals surface area contributed by atoms with Crippen molar-refractivity contribution in [3.8, 4) is 0 Å². The number of unbranched alkanes of at least 4 members (excludes halogenated alkanes) is 5. The fourth-order valence-corrected chi connectivity index (χ4v) is 6.01. The van der Waals surface area contributed by atoms with Crippen molar-refractivity contribution in [1.82, 2.24) is 0 Å². The normalized spacial score (nSPS) is 25.3. The lowest BCUT2D eigenvalue weighted by Gasteiger charge is -2.29. The van der Waals surface area contributed by atoms with Gasteiger partial charge in [-0.1, -0.05) is 108 Å². The molecule has 0 heterocycles. The van der Waals surface area contributed by atoms with Gasteiger partial charge in [-0.15, -0.1) is 0 Å². The van der Waals surface area contributed by atoms with E-state index in [1.165, 1.54) is 103 Å². The number of hydrogen-bond donors (Lipinski definition) is 0. The van der Waals surface area contributed by atoms with Gasteiger partial charge in [0.15, 0.2) is 0 Å². The SMILES string of the molecule is CCCCCCCCC1CCC(c2ccc(C3CC=C(CC(C)CC)CC3)cc2)CC1. The van der Waals surface area contributed by atoms with Crippen LogP contribution in [0.4, 0.5) is 0 Å². The van der Waals surface area contributed by atoms with Crippen LogP contribution in [0.3, 0.4) is 0 Å². The van der Waals surface area contributed by atoms with Gasteiger partial charge in [0.1, 0.15) is 0 Å². The minimum Gasteiger partial charge on any atom is -0.0847 e. The Morgan fingerprint density at radius 3 is 2.03 bits per heavy atom. The van der Waals surface area contributed by atoms with Crippen LogP contribution in [-0.2, 0) is 0 Å². The fraction of sp³-hybridized carbons (Fsp3) is 0.742. The molecule has 2 atom stereocenters. The highest BCUT2D eigenvalue weighted by Gasteiger charge is 2.23. The molecule has 3 rings (SSSR count). The van der Waals surface area contributed by atoms with Gasteiger partial charge in [-0.05, 0) is 86.2 Å². The highest BCUT2D eigenvalue weighted by molar-refractivity contribution is 5.29. The van der Waals surface area contributed by atoms with Crippen LogP contribution in [0.5, 0.6) is 0 Å². The summed E-state index contributed by atoms with van der Waals surface area (Å²) in [5.41, 5.74) is 4.92. The van der Waals surface area contributed by atoms with Crippen LogP contribution in [0, 0.1) is 11.8 Å². The van der Waals surface area contributed by atoms with Gasteiger partial charge in [0.05, 0.1) is 0 Å². The van der Waals surface area contributed by atoms with Crippen LogP contribution in [0.1, 0.15) is 146 Å². The third-order valence-corrected chi connectivity index (χ3v) is 8.50. The van der Waals surface area contributed by atoms with E-state index in [1.807, 2.05) is 0 Å². The van der Waals surface area contributed by atoms with Gasteiger partial charge in [0, 0.05) is 0 Å². The molecule has 2 aliphatic carbocycles. The maximum Gasteiger partial charge on any atom is -0.0124 e. The van der Waals surface area contributed by atoms with Gasteiger partial charge in [0.2, 0.25) is 0 Å². The molecule has 2 unspecified atom stereocenters. The second-order valence-electron chi connectivity index (χ2n) is 11.0. The van der Waals surface area contributed by atoms with Crippen molar-refractivity contribution in [2.75, 3.05) is 0 Å². The van der Waals surface area contributed by atoms with Gasteiger partial charge in [-0.25, -0.2) is 0 Å². The van der Waals surface area contributed by atoms with Gasteiger partial charge < -0.3 is 0 Å². The zero-order valence-corrected chi connectivity index (χ0v) is 21.0. The Morgan fingerprint density at radius 1 is 0.774 bits per heavy atom. The monoisotopic (exact) mass is 422 g/mol. The molecule has 1 aromatic carbocycles. The van der Waals surface area contributed by atoms with Crippen LogP contribution in [-0.4, -0.2) is 0 Å². The van der Waals surface area contributed by atoms with E-state index < -0.39 is 0 Å². The molecule has 0 aliphatic heterocycles. The van der Waals surface area contributed by atoms with Crippen LogP contribution in [0.25, 0.3) is 0 Å². The Morgan fingerprint density at radius 2 is 1.42 bits per heavy atom. The zero-order chi connectivity index (χ0) is 21.9. The minimum atomic E-state index is 0.753. The van der Waals surface area contributed by atoms with E-state index in [0.29, 0.717) is 0 Å². The lowest BCUT2D eigenvalue weighted by molar-refractivity contribution is 0.302. The fourth-order valence-electron chi connectivity index (χ4n) is 6.01. The smallest absolute Gasteiger partial charge is 0.0124 e. The molecule has 0 amide bonds. The lowest BCUT2D eigenvalue weighted by Crippen LogP contribution is -2.13. The number of benzene rings is 1. The van der Waals surface area contributed by atoms with Crippen LogP contribution in [0.2, 0.25) is 0 Å². The molecular weight excluding hydrogens is 372 g/mol. The van der Waals surface area contributed by atoms with Gasteiger partial charge in [-0.2, -0.15) is 0 Å². The molecule has 0 N–H and O–H groups in total. The zero-order valence-electron chi connectivity index (χ0n) is 21.0. The maximum absolute atomic E-state index is 2.57. The first-order chi connectivity index (χ1) is 15.2. The van der Waals surface area contributed by atoms with Crippen molar-refractivity contribution in [3.63, 3.8) is 0 Å². The van der Waals surface area contributed by atoms with E-state index in [4.69, 9.17) is 0 Å². The second kappa shape index (κ2) is 13.5. The number of hydrogen-bond acceptors (Lipinski definition) is 0. The van der Waals surface area contributed by atoms with Crippen molar-refractivity contribution >= 4 is 0 Å². The Kier molecular flexibility index (Phi) is 10.7. The van der Waals surface area contributed by atoms with E-state index >= 15 is 0 Å². The van der Waals surface area contributed by atoms with Crippen LogP contribution < -0.4 is 0 Å². The van der Waals surface area contributed by atoms with E-state index in [1.54, 1.807) is 16.7 Å². The topological polar surface area (TPSA) is 0 Å². The molecule has 0 aromatic heterocycles. The first kappa shape index (κ1) is 24.6. The Hall–Kier alpha value is -1.04. The number of allylic oxidation sites excluding steroid dienone is 2. The van der Waals surface area contributed by atoms with E-state index in [0.717, 1.165) is 23.7 Å². The standard InChI is InChI=1S/C31H50/c1-4-6-7-8-9-10-11-26-12-16-28(17-13-26)30-20-22-31(23-21-30)29-18-14-27(15-19-29)24-25(3)5-2/h14,20-23,25-26,28-29H,4-13,15-19,24H2,1-3H3. The molecule has 0 heteroatoms. The molecule has 1 saturated carbocycles. The van der Waals surface area contributed by atoms with Crippen molar-refractivity contribution in [3.05, 3.63) is 47.0 Å². The molecule has 31 heavy (non-hydrogen) atoms. The van der Waals surface area contributed by atoms with Gasteiger partial charge in [0.25, 0.3) is 0 Å². The minimum absolute atomic E-state index is 0.753. The average molecular weight is 423 g/mol. The molecule has 174 valence electrons. The summed E-state index contributed by atoms with van der Waals surface area (Å²) in [4.78, 5) is 0. The molecular formula is C31H50. The van der Waals surface area contributed by atoms with Gasteiger partial charge >= 0.3 is 0 Å². The van der Waals surface area contributed by atoms with Crippen molar-refractivity contribution < 1.29 is 0 Å². The molecule has 1 aromatic rings. The van der Waals surface area contributed by atoms with E-state index in [-0.39, 0.29) is 0 Å². The summed E-state index contributed by atoms with van der Waals surface area (Å²) in [6.45, 7) is 7.03. The summed E-state index contributed by atoms with van der Waals surface area (Å²) in [6, 6.07) is 9.89. The van der Waals surface area contributed by atoms with Crippen LogP contribution in [0.15, 0.2) is 35.9 Å². The predicted octanol–water partition coefficient (Wildman–Crippen LogP) is 10.3. The van der Waals surface area contributed by atoms with E-state index in [9.17, 15) is 0 Å².